The van der Waals surface area contributed by atoms with E-state index in [0.29, 0.717) is 10.8 Å². The topological polar surface area (TPSA) is 66.5 Å². The molecular formula is C14H20N2O3S2. The third-order valence-electron chi connectivity index (χ3n) is 4.21. The number of nitrogens with zero attached hydrogens (tertiary/aromatic N) is 1. The van der Waals surface area contributed by atoms with E-state index in [0.717, 1.165) is 32.1 Å². The molecule has 0 aromatic carbocycles. The summed E-state index contributed by atoms with van der Waals surface area (Å²) in [5, 5.41) is 0. The van der Waals surface area contributed by atoms with Gasteiger partial charge < -0.3 is 0 Å². The lowest BCUT2D eigenvalue weighted by molar-refractivity contribution is 0.0983. The van der Waals surface area contributed by atoms with Crippen molar-refractivity contribution >= 4 is 27.5 Å². The largest absolute Gasteiger partial charge is 0.304 e. The Morgan fingerprint density at radius 1 is 1.38 bits per heavy atom. The van der Waals surface area contributed by atoms with E-state index in [1.165, 1.54) is 33.1 Å². The lowest BCUT2D eigenvalue weighted by Gasteiger charge is -2.16. The van der Waals surface area contributed by atoms with Crippen LogP contribution in [0.1, 0.15) is 46.3 Å². The normalized spacial score (nSPS) is 22.1. The first-order valence-electron chi connectivity index (χ1n) is 7.28. The van der Waals surface area contributed by atoms with Crippen LogP contribution in [-0.4, -0.2) is 31.7 Å². The minimum absolute atomic E-state index is 0.0488. The number of carbonyl (C=O) groups excluding carboxylic acids is 1. The number of hydrogen-bond acceptors (Lipinski definition) is 4. The van der Waals surface area contributed by atoms with Crippen LogP contribution in [-0.2, 0) is 23.1 Å². The Kier molecular flexibility index (Phi) is 3.83. The average molecular weight is 328 g/mol. The molecule has 0 bridgehead atoms. The number of thiophene rings is 1. The third kappa shape index (κ3) is 3.14. The maximum atomic E-state index is 12.2. The van der Waals surface area contributed by atoms with Crippen molar-refractivity contribution in [2.24, 2.45) is 5.92 Å². The lowest BCUT2D eigenvalue weighted by atomic mass is 9.90. The zero-order chi connectivity index (χ0) is 15.2. The summed E-state index contributed by atoms with van der Waals surface area (Å²) in [5.74, 6) is 0.127. The van der Waals surface area contributed by atoms with Crippen LogP contribution in [0.3, 0.4) is 0 Å². The molecule has 7 heteroatoms. The highest BCUT2D eigenvalue weighted by Gasteiger charge is 2.35. The Bertz CT molecular complexity index is 662. The summed E-state index contributed by atoms with van der Waals surface area (Å²) >= 11 is 1.43. The molecule has 116 valence electrons. The predicted molar refractivity (Wildman–Crippen MR) is 82.7 cm³/mol. The molecule has 1 unspecified atom stereocenters. The van der Waals surface area contributed by atoms with Crippen LogP contribution in [0.4, 0.5) is 0 Å². The summed E-state index contributed by atoms with van der Waals surface area (Å²) in [6, 6.07) is 1.91. The molecule has 1 N–H and O–H groups in total. The van der Waals surface area contributed by atoms with Crippen molar-refractivity contribution in [2.75, 3.05) is 7.05 Å². The molecule has 1 amide bonds. The summed E-state index contributed by atoms with van der Waals surface area (Å²) < 4.78 is 27.6. The fourth-order valence-electron chi connectivity index (χ4n) is 2.69. The van der Waals surface area contributed by atoms with E-state index in [-0.39, 0.29) is 6.04 Å². The van der Waals surface area contributed by atoms with E-state index in [4.69, 9.17) is 0 Å². The molecule has 0 spiro atoms. The molecule has 1 atom stereocenters. The fourth-order valence-corrected chi connectivity index (χ4v) is 4.95. The number of nitrogens with one attached hydrogen (secondary N) is 1. The van der Waals surface area contributed by atoms with Gasteiger partial charge in [-0.2, -0.15) is 12.7 Å². The number of hydrogen-bond donors (Lipinski definition) is 1. The molecule has 0 saturated heterocycles. The van der Waals surface area contributed by atoms with E-state index >= 15 is 0 Å². The molecule has 21 heavy (non-hydrogen) atoms. The van der Waals surface area contributed by atoms with Crippen LogP contribution in [0.15, 0.2) is 6.07 Å². The smallest absolute Gasteiger partial charge is 0.267 e. The lowest BCUT2D eigenvalue weighted by Crippen LogP contribution is -2.42. The third-order valence-corrected chi connectivity index (χ3v) is 6.95. The second kappa shape index (κ2) is 5.37. The van der Waals surface area contributed by atoms with Gasteiger partial charge in [-0.15, -0.1) is 11.3 Å². The summed E-state index contributed by atoms with van der Waals surface area (Å²) in [6.07, 6.45) is 4.85. The molecule has 1 aromatic rings. The molecule has 0 aliphatic heterocycles. The summed E-state index contributed by atoms with van der Waals surface area (Å²) in [6.45, 7) is 2.20. The molecule has 0 radical (unpaired) electrons. The second-order valence-electron chi connectivity index (χ2n) is 6.09. The van der Waals surface area contributed by atoms with Crippen LogP contribution < -0.4 is 4.72 Å². The Balaban J connectivity index is 1.74. The Hall–Kier alpha value is -0.920. The molecule has 2 aliphatic rings. The number of fused-ring (bicyclic) bond motifs is 1. The molecule has 1 aromatic heterocycles. The van der Waals surface area contributed by atoms with Crippen molar-refractivity contribution in [3.05, 3.63) is 21.4 Å². The molecule has 1 fully saturated rings. The van der Waals surface area contributed by atoms with E-state index in [1.54, 1.807) is 0 Å². The molecule has 1 heterocycles. The van der Waals surface area contributed by atoms with Crippen molar-refractivity contribution in [2.45, 2.75) is 45.1 Å². The highest BCUT2D eigenvalue weighted by molar-refractivity contribution is 7.87. The van der Waals surface area contributed by atoms with Gasteiger partial charge >= 0.3 is 10.2 Å². The standard InChI is InChI=1S/C14H20N2O3S2/c1-9-3-6-12-10(7-9)8-13(20-12)14(17)15-21(18,19)16(2)11-4-5-11/h8-9,11H,3-7H2,1-2H3,(H,15,17). The zero-order valence-electron chi connectivity index (χ0n) is 12.3. The van der Waals surface area contributed by atoms with Gasteiger partial charge in [0.05, 0.1) is 4.88 Å². The SMILES string of the molecule is CC1CCc2sc(C(=O)NS(=O)(=O)N(C)C3CC3)cc2C1. The Labute approximate surface area is 129 Å². The first-order chi connectivity index (χ1) is 9.87. The number of carbonyl (C=O) groups is 1. The summed E-state index contributed by atoms with van der Waals surface area (Å²) in [5.41, 5.74) is 1.21. The average Bonchev–Trinajstić information content (AvgIpc) is 3.16. The van der Waals surface area contributed by atoms with Gasteiger partial charge in [-0.3, -0.25) is 4.79 Å². The number of aryl methyl sites for hydroxylation is 1. The quantitative estimate of drug-likeness (QED) is 0.918. The van der Waals surface area contributed by atoms with Gasteiger partial charge in [0.1, 0.15) is 0 Å². The zero-order valence-corrected chi connectivity index (χ0v) is 13.9. The van der Waals surface area contributed by atoms with E-state index < -0.39 is 16.1 Å². The van der Waals surface area contributed by atoms with Gasteiger partial charge in [-0.25, -0.2) is 4.72 Å². The highest BCUT2D eigenvalue weighted by Crippen LogP contribution is 2.32. The highest BCUT2D eigenvalue weighted by atomic mass is 32.2. The first-order valence-corrected chi connectivity index (χ1v) is 9.54. The minimum Gasteiger partial charge on any atom is -0.267 e. The van der Waals surface area contributed by atoms with Gasteiger partial charge in [-0.05, 0) is 49.7 Å². The first kappa shape index (κ1) is 15.0. The van der Waals surface area contributed by atoms with Crippen molar-refractivity contribution in [3.8, 4) is 0 Å². The minimum atomic E-state index is -3.72. The Morgan fingerprint density at radius 3 is 2.76 bits per heavy atom. The maximum absolute atomic E-state index is 12.2. The molecule has 3 rings (SSSR count). The van der Waals surface area contributed by atoms with Crippen LogP contribution in [0.25, 0.3) is 0 Å². The number of rotatable bonds is 4. The molecule has 1 saturated carbocycles. The molecule has 2 aliphatic carbocycles. The van der Waals surface area contributed by atoms with Crippen LogP contribution >= 0.6 is 11.3 Å². The second-order valence-corrected chi connectivity index (χ2v) is 8.96. The van der Waals surface area contributed by atoms with Crippen LogP contribution in [0, 0.1) is 5.92 Å². The van der Waals surface area contributed by atoms with Crippen LogP contribution in [0.2, 0.25) is 0 Å². The van der Waals surface area contributed by atoms with Crippen molar-refractivity contribution in [1.29, 1.82) is 0 Å². The predicted octanol–water partition coefficient (Wildman–Crippen LogP) is 1.94. The van der Waals surface area contributed by atoms with Crippen molar-refractivity contribution < 1.29 is 13.2 Å². The van der Waals surface area contributed by atoms with Crippen LogP contribution in [0.5, 0.6) is 0 Å². The van der Waals surface area contributed by atoms with Gasteiger partial charge in [-0.1, -0.05) is 6.92 Å². The van der Waals surface area contributed by atoms with Gasteiger partial charge in [0.2, 0.25) is 0 Å². The molecule has 5 nitrogen and oxygen atoms in total. The van der Waals surface area contributed by atoms with Gasteiger partial charge in [0.15, 0.2) is 0 Å². The molecular weight excluding hydrogens is 308 g/mol. The van der Waals surface area contributed by atoms with E-state index in [2.05, 4.69) is 11.6 Å². The maximum Gasteiger partial charge on any atom is 0.304 e. The Morgan fingerprint density at radius 2 is 2.10 bits per heavy atom. The van der Waals surface area contributed by atoms with Gasteiger partial charge in [0, 0.05) is 18.0 Å². The summed E-state index contributed by atoms with van der Waals surface area (Å²) in [7, 11) is -2.19. The van der Waals surface area contributed by atoms with E-state index in [9.17, 15) is 13.2 Å². The van der Waals surface area contributed by atoms with Crippen molar-refractivity contribution in [3.63, 3.8) is 0 Å². The monoisotopic (exact) mass is 328 g/mol. The fraction of sp³-hybridized carbons (Fsp3) is 0.643. The van der Waals surface area contributed by atoms with Crippen molar-refractivity contribution in [1.82, 2.24) is 9.03 Å². The summed E-state index contributed by atoms with van der Waals surface area (Å²) in [4.78, 5) is 13.9. The van der Waals surface area contributed by atoms with Gasteiger partial charge in [0.25, 0.3) is 5.91 Å². The number of amides is 1. The van der Waals surface area contributed by atoms with E-state index in [1.807, 2.05) is 6.07 Å².